The fourth-order valence-corrected chi connectivity index (χ4v) is 5.21. The van der Waals surface area contributed by atoms with Crippen LogP contribution < -0.4 is 11.2 Å². The van der Waals surface area contributed by atoms with E-state index in [1.807, 2.05) is 12.1 Å². The second-order valence-corrected chi connectivity index (χ2v) is 9.53. The molecule has 1 amide bonds. The number of pyridine rings is 1. The maximum atomic E-state index is 12.7. The molecule has 4 aromatic heterocycles. The number of amides is 1. The number of aromatic amines is 1. The molecule has 0 aromatic carbocycles. The highest BCUT2D eigenvalue weighted by Gasteiger charge is 2.44. The molecule has 0 atom stereocenters. The SMILES string of the molecule is COCCOC1(C(=O)NO)CCC(c2nc3c(-c4ccc(-c5ncc[nH]5)nc4)cnn3c(N)c2C(C)=O)CC1. The lowest BCUT2D eigenvalue weighted by Gasteiger charge is -2.38. The van der Waals surface area contributed by atoms with Crippen LogP contribution in [0.1, 0.15) is 54.6 Å². The first-order chi connectivity index (χ1) is 18.9. The minimum Gasteiger partial charge on any atom is -0.383 e. The Bertz CT molecular complexity index is 1470. The summed E-state index contributed by atoms with van der Waals surface area (Å²) in [6.45, 7) is 1.97. The Morgan fingerprint density at radius 2 is 2.03 bits per heavy atom. The summed E-state index contributed by atoms with van der Waals surface area (Å²) in [7, 11) is 1.54. The summed E-state index contributed by atoms with van der Waals surface area (Å²) in [6.07, 6.45) is 8.38. The van der Waals surface area contributed by atoms with E-state index in [1.54, 1.807) is 37.4 Å². The molecule has 1 aliphatic carbocycles. The number of hydrogen-bond acceptors (Lipinski definition) is 10. The van der Waals surface area contributed by atoms with Crippen LogP contribution in [0.25, 0.3) is 28.3 Å². The van der Waals surface area contributed by atoms with Crippen molar-refractivity contribution >= 4 is 23.2 Å². The van der Waals surface area contributed by atoms with Crippen LogP contribution in [0.15, 0.2) is 36.9 Å². The first-order valence-electron chi connectivity index (χ1n) is 12.6. The number of ether oxygens (including phenoxy) is 2. The Labute approximate surface area is 223 Å². The quantitative estimate of drug-likeness (QED) is 0.108. The van der Waals surface area contributed by atoms with E-state index < -0.39 is 11.5 Å². The lowest BCUT2D eigenvalue weighted by atomic mass is 9.76. The summed E-state index contributed by atoms with van der Waals surface area (Å²) in [4.78, 5) is 42.0. The molecule has 39 heavy (non-hydrogen) atoms. The summed E-state index contributed by atoms with van der Waals surface area (Å²) < 4.78 is 12.4. The van der Waals surface area contributed by atoms with Gasteiger partial charge in [0, 0.05) is 42.7 Å². The molecule has 0 radical (unpaired) electrons. The number of rotatable bonds is 9. The standard InChI is InChI=1S/C26H30N8O5/c1-15(35)20-21(16-5-7-26(8-6-16,25(36)33-37)39-12-11-38-2)32-24-18(14-31-34(24)22(20)27)17-3-4-19(30-13-17)23-28-9-10-29-23/h3-4,9-10,13-14,16,37H,5-8,11-12,27H2,1-2H3,(H,28,29)(H,33,36). The highest BCUT2D eigenvalue weighted by atomic mass is 16.5. The minimum atomic E-state index is -1.20. The maximum Gasteiger partial charge on any atom is 0.275 e. The summed E-state index contributed by atoms with van der Waals surface area (Å²) in [5.74, 6) is -0.124. The van der Waals surface area contributed by atoms with Gasteiger partial charge in [-0.15, -0.1) is 0 Å². The molecule has 1 aliphatic rings. The van der Waals surface area contributed by atoms with Crippen LogP contribution in [0.3, 0.4) is 0 Å². The van der Waals surface area contributed by atoms with E-state index in [-0.39, 0.29) is 24.1 Å². The van der Waals surface area contributed by atoms with E-state index in [1.165, 1.54) is 11.4 Å². The van der Waals surface area contributed by atoms with Gasteiger partial charge >= 0.3 is 0 Å². The molecule has 5 rings (SSSR count). The fourth-order valence-electron chi connectivity index (χ4n) is 5.21. The van der Waals surface area contributed by atoms with E-state index in [2.05, 4.69) is 20.1 Å². The lowest BCUT2D eigenvalue weighted by Crippen LogP contribution is -2.50. The second kappa shape index (κ2) is 10.9. The zero-order valence-electron chi connectivity index (χ0n) is 21.7. The normalized spacial score (nSPS) is 19.3. The molecule has 204 valence electrons. The van der Waals surface area contributed by atoms with Gasteiger partial charge in [-0.25, -0.2) is 15.4 Å². The number of hydrogen-bond donors (Lipinski definition) is 4. The Morgan fingerprint density at radius 1 is 1.23 bits per heavy atom. The molecule has 0 spiro atoms. The number of nitrogen functional groups attached to an aromatic ring is 1. The third-order valence-electron chi connectivity index (χ3n) is 7.24. The third kappa shape index (κ3) is 4.87. The van der Waals surface area contributed by atoms with Gasteiger partial charge in [0.2, 0.25) is 0 Å². The number of carbonyl (C=O) groups is 2. The van der Waals surface area contributed by atoms with E-state index in [4.69, 9.17) is 20.2 Å². The van der Waals surface area contributed by atoms with Gasteiger partial charge in [0.25, 0.3) is 5.91 Å². The Kier molecular flexibility index (Phi) is 7.37. The average Bonchev–Trinajstić information content (AvgIpc) is 3.64. The molecule has 0 bridgehead atoms. The van der Waals surface area contributed by atoms with Gasteiger partial charge in [-0.3, -0.25) is 19.8 Å². The third-order valence-corrected chi connectivity index (χ3v) is 7.24. The number of imidazole rings is 1. The van der Waals surface area contributed by atoms with Crippen molar-refractivity contribution in [1.29, 1.82) is 0 Å². The number of nitrogens with two attached hydrogens (primary N) is 1. The molecule has 0 unspecified atom stereocenters. The summed E-state index contributed by atoms with van der Waals surface area (Å²) in [5.41, 5.74) is 10.6. The van der Waals surface area contributed by atoms with Crippen LogP contribution in [-0.2, 0) is 14.3 Å². The van der Waals surface area contributed by atoms with Crippen molar-refractivity contribution in [3.63, 3.8) is 0 Å². The van der Waals surface area contributed by atoms with Crippen molar-refractivity contribution in [3.05, 3.63) is 48.2 Å². The van der Waals surface area contributed by atoms with Crippen LogP contribution in [0, 0.1) is 0 Å². The number of aromatic nitrogens is 6. The predicted octanol–water partition coefficient (Wildman–Crippen LogP) is 2.53. The smallest absolute Gasteiger partial charge is 0.275 e. The number of carbonyl (C=O) groups excluding carboxylic acids is 2. The van der Waals surface area contributed by atoms with Gasteiger partial charge in [-0.1, -0.05) is 6.07 Å². The van der Waals surface area contributed by atoms with Crippen molar-refractivity contribution in [2.75, 3.05) is 26.1 Å². The van der Waals surface area contributed by atoms with Gasteiger partial charge in [-0.05, 0) is 38.7 Å². The average molecular weight is 535 g/mol. The van der Waals surface area contributed by atoms with E-state index in [0.717, 1.165) is 5.56 Å². The Balaban J connectivity index is 1.50. The number of methoxy groups -OCH3 is 1. The van der Waals surface area contributed by atoms with Crippen LogP contribution in [-0.4, -0.2) is 72.4 Å². The summed E-state index contributed by atoms with van der Waals surface area (Å²) in [5, 5.41) is 13.8. The van der Waals surface area contributed by atoms with Gasteiger partial charge in [-0.2, -0.15) is 9.61 Å². The zero-order chi connectivity index (χ0) is 27.6. The van der Waals surface area contributed by atoms with Gasteiger partial charge < -0.3 is 20.2 Å². The first kappa shape index (κ1) is 26.4. The number of fused-ring (bicyclic) bond motifs is 1. The number of H-pyrrole nitrogens is 1. The second-order valence-electron chi connectivity index (χ2n) is 9.53. The van der Waals surface area contributed by atoms with Crippen LogP contribution in [0.4, 0.5) is 5.82 Å². The Hall–Kier alpha value is -4.20. The van der Waals surface area contributed by atoms with Crippen LogP contribution in [0.2, 0.25) is 0 Å². The first-order valence-corrected chi connectivity index (χ1v) is 12.6. The molecule has 4 aromatic rings. The number of ketones is 1. The lowest BCUT2D eigenvalue weighted by molar-refractivity contribution is -0.163. The van der Waals surface area contributed by atoms with Crippen LogP contribution >= 0.6 is 0 Å². The van der Waals surface area contributed by atoms with Gasteiger partial charge in [0.1, 0.15) is 17.1 Å². The van der Waals surface area contributed by atoms with Crippen molar-refractivity contribution in [3.8, 4) is 22.6 Å². The highest BCUT2D eigenvalue weighted by Crippen LogP contribution is 2.42. The van der Waals surface area contributed by atoms with E-state index in [0.29, 0.717) is 66.3 Å². The number of anilines is 1. The molecule has 1 fully saturated rings. The van der Waals surface area contributed by atoms with E-state index in [9.17, 15) is 14.8 Å². The highest BCUT2D eigenvalue weighted by molar-refractivity contribution is 6.00. The minimum absolute atomic E-state index is 0.163. The maximum absolute atomic E-state index is 12.7. The zero-order valence-corrected chi connectivity index (χ0v) is 21.7. The predicted molar refractivity (Wildman–Crippen MR) is 140 cm³/mol. The molecule has 1 saturated carbocycles. The van der Waals surface area contributed by atoms with Crippen molar-refractivity contribution in [1.82, 2.24) is 35.0 Å². The molecular formula is C26H30N8O5. The number of hydroxylamine groups is 1. The van der Waals surface area contributed by atoms with Gasteiger partial charge in [0.15, 0.2) is 17.3 Å². The Morgan fingerprint density at radius 3 is 2.64 bits per heavy atom. The van der Waals surface area contributed by atoms with Crippen LogP contribution in [0.5, 0.6) is 0 Å². The van der Waals surface area contributed by atoms with Crippen molar-refractivity contribution in [2.45, 2.75) is 44.1 Å². The fraction of sp³-hybridized carbons (Fsp3) is 0.385. The summed E-state index contributed by atoms with van der Waals surface area (Å²) >= 11 is 0. The van der Waals surface area contributed by atoms with Crippen molar-refractivity contribution < 1.29 is 24.3 Å². The monoisotopic (exact) mass is 534 g/mol. The number of nitrogens with one attached hydrogen (secondary N) is 2. The largest absolute Gasteiger partial charge is 0.383 e. The molecule has 5 N–H and O–H groups in total. The van der Waals surface area contributed by atoms with E-state index >= 15 is 0 Å². The van der Waals surface area contributed by atoms with Gasteiger partial charge in [0.05, 0.1) is 30.7 Å². The molecule has 13 heteroatoms. The molecular weight excluding hydrogens is 504 g/mol. The molecule has 0 aliphatic heterocycles. The number of nitrogens with zero attached hydrogens (tertiary/aromatic N) is 5. The molecule has 4 heterocycles. The molecule has 13 nitrogen and oxygen atoms in total. The number of Topliss-reactive ketones (excluding diaryl/α,β-unsaturated/α-hetero) is 1. The summed E-state index contributed by atoms with van der Waals surface area (Å²) in [6, 6.07) is 3.75. The molecule has 0 saturated heterocycles. The van der Waals surface area contributed by atoms with Crippen molar-refractivity contribution in [2.24, 2.45) is 0 Å². The topological polar surface area (TPSA) is 183 Å².